The molecule has 1 atom stereocenters. The van der Waals surface area contributed by atoms with Crippen molar-refractivity contribution in [3.8, 4) is 0 Å². The fourth-order valence-electron chi connectivity index (χ4n) is 2.06. The minimum Gasteiger partial charge on any atom is -0.478 e. The Morgan fingerprint density at radius 1 is 1.41 bits per heavy atom. The van der Waals surface area contributed by atoms with Crippen LogP contribution in [0.3, 0.4) is 0 Å². The van der Waals surface area contributed by atoms with Crippen LogP contribution in [0, 0.1) is 0 Å². The highest BCUT2D eigenvalue weighted by molar-refractivity contribution is 7.10. The molecule has 17 heavy (non-hydrogen) atoms. The van der Waals surface area contributed by atoms with Gasteiger partial charge in [0.1, 0.15) is 0 Å². The van der Waals surface area contributed by atoms with Crippen LogP contribution in [0.2, 0.25) is 0 Å². The number of thiophene rings is 1. The van der Waals surface area contributed by atoms with E-state index in [9.17, 15) is 9.59 Å². The Labute approximate surface area is 102 Å². The molecule has 2 heterocycles. The van der Waals surface area contributed by atoms with Gasteiger partial charge in [-0.1, -0.05) is 0 Å². The van der Waals surface area contributed by atoms with Crippen molar-refractivity contribution in [2.75, 3.05) is 13.1 Å². The normalized spacial score (nSPS) is 20.2. The van der Waals surface area contributed by atoms with Crippen LogP contribution in [0.4, 0.5) is 4.79 Å². The first-order valence-corrected chi connectivity index (χ1v) is 6.25. The number of piperidine rings is 1. The zero-order chi connectivity index (χ0) is 12.4. The zero-order valence-electron chi connectivity index (χ0n) is 9.13. The Bertz CT molecular complexity index is 442. The van der Waals surface area contributed by atoms with Crippen LogP contribution in [-0.4, -0.2) is 40.3 Å². The number of carbonyl (C=O) groups is 2. The molecule has 0 radical (unpaired) electrons. The Kier molecular flexibility index (Phi) is 3.33. The average Bonchev–Trinajstić information content (AvgIpc) is 2.78. The van der Waals surface area contributed by atoms with Crippen molar-refractivity contribution < 1.29 is 19.8 Å². The first-order valence-electron chi connectivity index (χ1n) is 5.37. The number of nitrogens with zero attached hydrogens (tertiary/aromatic N) is 1. The van der Waals surface area contributed by atoms with Gasteiger partial charge in [0.2, 0.25) is 0 Å². The number of rotatable bonds is 2. The van der Waals surface area contributed by atoms with Gasteiger partial charge in [0.15, 0.2) is 0 Å². The molecule has 92 valence electrons. The fraction of sp³-hybridized carbons (Fsp3) is 0.455. The second-order valence-electron chi connectivity index (χ2n) is 4.11. The number of hydrogen-bond acceptors (Lipinski definition) is 3. The van der Waals surface area contributed by atoms with E-state index in [0.717, 1.165) is 17.7 Å². The summed E-state index contributed by atoms with van der Waals surface area (Å²) in [6.07, 6.45) is 0.852. The summed E-state index contributed by atoms with van der Waals surface area (Å²) in [5.41, 5.74) is 0.289. The largest absolute Gasteiger partial charge is 0.478 e. The third kappa shape index (κ3) is 2.58. The highest BCUT2D eigenvalue weighted by Gasteiger charge is 2.25. The van der Waals surface area contributed by atoms with Crippen molar-refractivity contribution in [3.63, 3.8) is 0 Å². The molecule has 1 aromatic rings. The number of likely N-dealkylation sites (tertiary alicyclic amines) is 1. The zero-order valence-corrected chi connectivity index (χ0v) is 9.94. The Hall–Kier alpha value is -1.56. The summed E-state index contributed by atoms with van der Waals surface area (Å²) in [6, 6.07) is 1.66. The summed E-state index contributed by atoms with van der Waals surface area (Å²) in [5.74, 6) is -0.795. The SMILES string of the molecule is O=C(O)c1csc(C2CCCN(C(=O)O)C2)c1. The van der Waals surface area contributed by atoms with Gasteiger partial charge in [0.25, 0.3) is 0 Å². The van der Waals surface area contributed by atoms with Gasteiger partial charge < -0.3 is 15.1 Å². The van der Waals surface area contributed by atoms with Crippen molar-refractivity contribution in [2.45, 2.75) is 18.8 Å². The molecular weight excluding hydrogens is 242 g/mol. The second-order valence-corrected chi connectivity index (χ2v) is 5.05. The fourth-order valence-corrected chi connectivity index (χ4v) is 3.07. The van der Waals surface area contributed by atoms with Gasteiger partial charge in [0, 0.05) is 29.3 Å². The molecule has 0 aromatic carbocycles. The van der Waals surface area contributed by atoms with Crippen LogP contribution in [0.15, 0.2) is 11.4 Å². The highest BCUT2D eigenvalue weighted by atomic mass is 32.1. The van der Waals surface area contributed by atoms with E-state index in [4.69, 9.17) is 10.2 Å². The summed E-state index contributed by atoms with van der Waals surface area (Å²) in [6.45, 7) is 1.04. The van der Waals surface area contributed by atoms with Crippen molar-refractivity contribution in [2.24, 2.45) is 0 Å². The molecule has 1 aliphatic heterocycles. The number of carboxylic acid groups (broad SMARTS) is 2. The number of aromatic carboxylic acids is 1. The summed E-state index contributed by atoms with van der Waals surface area (Å²) in [5, 5.41) is 19.4. The molecule has 0 saturated carbocycles. The molecule has 1 unspecified atom stereocenters. The molecular formula is C11H13NO4S. The third-order valence-corrected chi connectivity index (χ3v) is 4.06. The van der Waals surface area contributed by atoms with E-state index in [2.05, 4.69) is 0 Å². The van der Waals surface area contributed by atoms with E-state index < -0.39 is 12.1 Å². The number of hydrogen-bond donors (Lipinski definition) is 2. The molecule has 1 amide bonds. The van der Waals surface area contributed by atoms with E-state index >= 15 is 0 Å². The monoisotopic (exact) mass is 255 g/mol. The van der Waals surface area contributed by atoms with Gasteiger partial charge in [-0.15, -0.1) is 11.3 Å². The molecule has 2 N–H and O–H groups in total. The summed E-state index contributed by atoms with van der Waals surface area (Å²) >= 11 is 1.40. The smallest absolute Gasteiger partial charge is 0.407 e. The maximum atomic E-state index is 10.9. The van der Waals surface area contributed by atoms with E-state index in [1.165, 1.54) is 16.2 Å². The van der Waals surface area contributed by atoms with Gasteiger partial charge >= 0.3 is 12.1 Å². The van der Waals surface area contributed by atoms with Gasteiger partial charge in [-0.05, 0) is 18.9 Å². The first-order chi connectivity index (χ1) is 8.08. The van der Waals surface area contributed by atoms with Crippen LogP contribution in [-0.2, 0) is 0 Å². The Balaban J connectivity index is 2.10. The quantitative estimate of drug-likeness (QED) is 0.850. The minimum atomic E-state index is -0.932. The molecule has 6 heteroatoms. The van der Waals surface area contributed by atoms with Crippen LogP contribution >= 0.6 is 11.3 Å². The predicted octanol–water partition coefficient (Wildman–Crippen LogP) is 2.30. The van der Waals surface area contributed by atoms with E-state index in [1.807, 2.05) is 0 Å². The van der Waals surface area contributed by atoms with Gasteiger partial charge in [-0.25, -0.2) is 9.59 Å². The maximum Gasteiger partial charge on any atom is 0.407 e. The van der Waals surface area contributed by atoms with Crippen LogP contribution < -0.4 is 0 Å². The van der Waals surface area contributed by atoms with Crippen molar-refractivity contribution in [1.29, 1.82) is 0 Å². The lowest BCUT2D eigenvalue weighted by atomic mass is 9.96. The standard InChI is InChI=1S/C11H13NO4S/c13-10(14)8-4-9(17-6-8)7-2-1-3-12(5-7)11(15)16/h4,6-7H,1-3,5H2,(H,13,14)(H,15,16). The van der Waals surface area contributed by atoms with Crippen molar-refractivity contribution in [1.82, 2.24) is 4.90 Å². The summed E-state index contributed by atoms with van der Waals surface area (Å²) < 4.78 is 0. The van der Waals surface area contributed by atoms with Crippen molar-refractivity contribution >= 4 is 23.4 Å². The molecule has 1 saturated heterocycles. The Morgan fingerprint density at radius 2 is 2.18 bits per heavy atom. The van der Waals surface area contributed by atoms with E-state index in [0.29, 0.717) is 13.1 Å². The Morgan fingerprint density at radius 3 is 2.76 bits per heavy atom. The first kappa shape index (κ1) is 11.9. The molecule has 2 rings (SSSR count). The van der Waals surface area contributed by atoms with E-state index in [-0.39, 0.29) is 11.5 Å². The third-order valence-electron chi connectivity index (χ3n) is 2.96. The molecule has 1 aliphatic rings. The molecule has 0 aliphatic carbocycles. The molecule has 1 fully saturated rings. The van der Waals surface area contributed by atoms with Crippen LogP contribution in [0.5, 0.6) is 0 Å². The topological polar surface area (TPSA) is 77.8 Å². The van der Waals surface area contributed by atoms with Gasteiger partial charge in [-0.3, -0.25) is 0 Å². The number of amides is 1. The van der Waals surface area contributed by atoms with Gasteiger partial charge in [-0.2, -0.15) is 0 Å². The second kappa shape index (κ2) is 4.75. The molecule has 1 aromatic heterocycles. The highest BCUT2D eigenvalue weighted by Crippen LogP contribution is 2.31. The molecule has 0 bridgehead atoms. The minimum absolute atomic E-state index is 0.137. The number of carboxylic acids is 1. The average molecular weight is 255 g/mol. The lowest BCUT2D eigenvalue weighted by molar-refractivity contribution is 0.0697. The lowest BCUT2D eigenvalue weighted by Crippen LogP contribution is -2.37. The lowest BCUT2D eigenvalue weighted by Gasteiger charge is -2.30. The van der Waals surface area contributed by atoms with Crippen LogP contribution in [0.1, 0.15) is 34.0 Å². The van der Waals surface area contributed by atoms with Crippen molar-refractivity contribution in [3.05, 3.63) is 21.9 Å². The maximum absolute atomic E-state index is 10.9. The van der Waals surface area contributed by atoms with Crippen LogP contribution in [0.25, 0.3) is 0 Å². The predicted molar refractivity (Wildman–Crippen MR) is 62.9 cm³/mol. The summed E-state index contributed by atoms with van der Waals surface area (Å²) in [7, 11) is 0. The molecule has 5 nitrogen and oxygen atoms in total. The van der Waals surface area contributed by atoms with Gasteiger partial charge in [0.05, 0.1) is 5.56 Å². The molecule has 0 spiro atoms. The summed E-state index contributed by atoms with van der Waals surface area (Å²) in [4.78, 5) is 24.0. The van der Waals surface area contributed by atoms with E-state index in [1.54, 1.807) is 11.4 Å².